The summed E-state index contributed by atoms with van der Waals surface area (Å²) < 4.78 is 0. The Labute approximate surface area is 113 Å². The van der Waals surface area contributed by atoms with Crippen molar-refractivity contribution in [3.8, 4) is 0 Å². The summed E-state index contributed by atoms with van der Waals surface area (Å²) in [6.07, 6.45) is 2.61. The van der Waals surface area contributed by atoms with Crippen molar-refractivity contribution in [3.05, 3.63) is 33.8 Å². The van der Waals surface area contributed by atoms with Crippen molar-refractivity contribution in [3.63, 3.8) is 0 Å². The summed E-state index contributed by atoms with van der Waals surface area (Å²) in [4.78, 5) is 2.47. The molecule has 0 amide bonds. The molecule has 0 aliphatic carbocycles. The lowest BCUT2D eigenvalue weighted by atomic mass is 9.99. The molecule has 1 aromatic carbocycles. The van der Waals surface area contributed by atoms with Gasteiger partial charge in [-0.15, -0.1) is 0 Å². The maximum absolute atomic E-state index is 6.05. The van der Waals surface area contributed by atoms with Gasteiger partial charge in [0.2, 0.25) is 0 Å². The highest BCUT2D eigenvalue weighted by Crippen LogP contribution is 2.27. The Hall–Kier alpha value is -0.280. The number of nitrogens with zero attached hydrogens (tertiary/aromatic N) is 1. The lowest BCUT2D eigenvalue weighted by Gasteiger charge is -2.22. The average Bonchev–Trinajstić information content (AvgIpc) is 2.82. The van der Waals surface area contributed by atoms with Crippen molar-refractivity contribution in [1.29, 1.82) is 0 Å². The van der Waals surface area contributed by atoms with Gasteiger partial charge in [0.25, 0.3) is 0 Å². The summed E-state index contributed by atoms with van der Waals surface area (Å²) in [6, 6.07) is 5.82. The predicted octanol–water partition coefficient (Wildman–Crippen LogP) is 3.13. The number of halogens is 2. The molecule has 17 heavy (non-hydrogen) atoms. The third-order valence-corrected chi connectivity index (χ3v) is 4.12. The molecule has 94 valence electrons. The molecular formula is C13H18Cl2N2. The van der Waals surface area contributed by atoms with Crippen LogP contribution in [0.2, 0.25) is 10.0 Å². The Kier molecular flexibility index (Phi) is 4.69. The van der Waals surface area contributed by atoms with Crippen LogP contribution in [-0.4, -0.2) is 31.1 Å². The van der Waals surface area contributed by atoms with Crippen LogP contribution in [0.4, 0.5) is 0 Å². The molecule has 2 rings (SSSR count). The molecule has 4 heteroatoms. The van der Waals surface area contributed by atoms with E-state index in [2.05, 4.69) is 4.90 Å². The van der Waals surface area contributed by atoms with E-state index in [-0.39, 0.29) is 0 Å². The molecule has 0 spiro atoms. The lowest BCUT2D eigenvalue weighted by molar-refractivity contribution is 0.315. The third kappa shape index (κ3) is 3.35. The van der Waals surface area contributed by atoms with E-state index < -0.39 is 0 Å². The van der Waals surface area contributed by atoms with Crippen LogP contribution in [0.25, 0.3) is 0 Å². The fourth-order valence-corrected chi connectivity index (χ4v) is 2.67. The number of likely N-dealkylation sites (tertiary alicyclic amines) is 1. The van der Waals surface area contributed by atoms with E-state index in [0.717, 1.165) is 6.54 Å². The minimum absolute atomic E-state index is 0.350. The quantitative estimate of drug-likeness (QED) is 0.913. The van der Waals surface area contributed by atoms with E-state index in [1.807, 2.05) is 18.2 Å². The molecule has 2 nitrogen and oxygen atoms in total. The van der Waals surface area contributed by atoms with Gasteiger partial charge >= 0.3 is 0 Å². The Balaban J connectivity index is 2.08. The maximum Gasteiger partial charge on any atom is 0.0595 e. The Morgan fingerprint density at radius 1 is 1.18 bits per heavy atom. The maximum atomic E-state index is 6.05. The largest absolute Gasteiger partial charge is 0.330 e. The summed E-state index contributed by atoms with van der Waals surface area (Å²) in [5, 5.41) is 1.22. The standard InChI is InChI=1S/C13H18Cl2N2/c14-12-4-3-10(7-13(12)15)11(8-16)9-17-5-1-2-6-17/h3-4,7,11H,1-2,5-6,8-9,16H2. The zero-order chi connectivity index (χ0) is 12.3. The highest BCUT2D eigenvalue weighted by molar-refractivity contribution is 6.42. The number of hydrogen-bond acceptors (Lipinski definition) is 2. The minimum atomic E-state index is 0.350. The van der Waals surface area contributed by atoms with Gasteiger partial charge in [0.05, 0.1) is 10.0 Å². The molecule has 0 saturated carbocycles. The van der Waals surface area contributed by atoms with Crippen molar-refractivity contribution in [2.75, 3.05) is 26.2 Å². The van der Waals surface area contributed by atoms with Gasteiger partial charge < -0.3 is 10.6 Å². The Morgan fingerprint density at radius 3 is 2.47 bits per heavy atom. The molecule has 1 unspecified atom stereocenters. The van der Waals surface area contributed by atoms with Crippen LogP contribution in [0.5, 0.6) is 0 Å². The second-order valence-electron chi connectivity index (χ2n) is 4.61. The van der Waals surface area contributed by atoms with Crippen LogP contribution in [-0.2, 0) is 0 Å². The van der Waals surface area contributed by atoms with Crippen LogP contribution in [0.3, 0.4) is 0 Å². The molecule has 1 saturated heterocycles. The zero-order valence-corrected chi connectivity index (χ0v) is 11.3. The van der Waals surface area contributed by atoms with Crippen LogP contribution >= 0.6 is 23.2 Å². The summed E-state index contributed by atoms with van der Waals surface area (Å²) in [6.45, 7) is 4.05. The molecule has 1 atom stereocenters. The molecule has 1 aromatic rings. The van der Waals surface area contributed by atoms with Gasteiger partial charge in [-0.1, -0.05) is 29.3 Å². The highest BCUT2D eigenvalue weighted by atomic mass is 35.5. The van der Waals surface area contributed by atoms with Gasteiger partial charge in [0.15, 0.2) is 0 Å². The first kappa shape index (κ1) is 13.2. The molecule has 0 bridgehead atoms. The summed E-state index contributed by atoms with van der Waals surface area (Å²) in [5.74, 6) is 0.350. The molecule has 1 fully saturated rings. The smallest absolute Gasteiger partial charge is 0.0595 e. The van der Waals surface area contributed by atoms with E-state index in [4.69, 9.17) is 28.9 Å². The van der Waals surface area contributed by atoms with Crippen molar-refractivity contribution in [1.82, 2.24) is 4.90 Å². The fourth-order valence-electron chi connectivity index (χ4n) is 2.36. The van der Waals surface area contributed by atoms with E-state index in [0.29, 0.717) is 22.5 Å². The number of benzene rings is 1. The second kappa shape index (κ2) is 6.05. The van der Waals surface area contributed by atoms with E-state index >= 15 is 0 Å². The second-order valence-corrected chi connectivity index (χ2v) is 5.43. The molecule has 0 radical (unpaired) electrons. The number of nitrogens with two attached hydrogens (primary N) is 1. The fraction of sp³-hybridized carbons (Fsp3) is 0.538. The van der Waals surface area contributed by atoms with Crippen molar-refractivity contribution in [2.45, 2.75) is 18.8 Å². The zero-order valence-electron chi connectivity index (χ0n) is 9.83. The molecule has 1 aliphatic heterocycles. The van der Waals surface area contributed by atoms with Crippen LogP contribution in [0, 0.1) is 0 Å². The van der Waals surface area contributed by atoms with Gasteiger partial charge in [0, 0.05) is 19.0 Å². The lowest BCUT2D eigenvalue weighted by Crippen LogP contribution is -2.29. The van der Waals surface area contributed by atoms with Crippen LogP contribution in [0.1, 0.15) is 24.3 Å². The average molecular weight is 273 g/mol. The van der Waals surface area contributed by atoms with Gasteiger partial charge in [-0.25, -0.2) is 0 Å². The van der Waals surface area contributed by atoms with Crippen LogP contribution in [0.15, 0.2) is 18.2 Å². The molecule has 1 aliphatic rings. The topological polar surface area (TPSA) is 29.3 Å². The van der Waals surface area contributed by atoms with E-state index in [9.17, 15) is 0 Å². The third-order valence-electron chi connectivity index (χ3n) is 3.38. The Bertz CT molecular complexity index is 376. The van der Waals surface area contributed by atoms with E-state index in [1.165, 1.54) is 31.5 Å². The highest BCUT2D eigenvalue weighted by Gasteiger charge is 2.18. The predicted molar refractivity (Wildman–Crippen MR) is 73.9 cm³/mol. The first-order valence-corrected chi connectivity index (χ1v) is 6.83. The minimum Gasteiger partial charge on any atom is -0.330 e. The van der Waals surface area contributed by atoms with Gasteiger partial charge in [-0.3, -0.25) is 0 Å². The molecule has 1 heterocycles. The van der Waals surface area contributed by atoms with Crippen molar-refractivity contribution in [2.24, 2.45) is 5.73 Å². The first-order valence-electron chi connectivity index (χ1n) is 6.08. The molecular weight excluding hydrogens is 255 g/mol. The van der Waals surface area contributed by atoms with Crippen molar-refractivity contribution >= 4 is 23.2 Å². The Morgan fingerprint density at radius 2 is 1.88 bits per heavy atom. The SMILES string of the molecule is NCC(CN1CCCC1)c1ccc(Cl)c(Cl)c1. The molecule has 2 N–H and O–H groups in total. The first-order chi connectivity index (χ1) is 8.20. The van der Waals surface area contributed by atoms with Crippen molar-refractivity contribution < 1.29 is 0 Å². The summed E-state index contributed by atoms with van der Waals surface area (Å²) in [5.41, 5.74) is 7.06. The van der Waals surface area contributed by atoms with E-state index in [1.54, 1.807) is 0 Å². The monoisotopic (exact) mass is 272 g/mol. The van der Waals surface area contributed by atoms with Gasteiger partial charge in [0.1, 0.15) is 0 Å². The van der Waals surface area contributed by atoms with Crippen LogP contribution < -0.4 is 5.73 Å². The number of rotatable bonds is 4. The normalized spacial score (nSPS) is 18.5. The number of hydrogen-bond donors (Lipinski definition) is 1. The van der Waals surface area contributed by atoms with Gasteiger partial charge in [-0.2, -0.15) is 0 Å². The molecule has 0 aromatic heterocycles. The van der Waals surface area contributed by atoms with Gasteiger partial charge in [-0.05, 0) is 43.6 Å². The summed E-state index contributed by atoms with van der Waals surface area (Å²) >= 11 is 12.0. The summed E-state index contributed by atoms with van der Waals surface area (Å²) in [7, 11) is 0.